The summed E-state index contributed by atoms with van der Waals surface area (Å²) in [6.07, 6.45) is 1.15. The molecule has 1 atom stereocenters. The van der Waals surface area contributed by atoms with Gasteiger partial charge in [0.15, 0.2) is 5.82 Å². The van der Waals surface area contributed by atoms with Crippen LogP contribution < -0.4 is 0 Å². The molecule has 0 radical (unpaired) electrons. The maximum absolute atomic E-state index is 11.3. The lowest BCUT2D eigenvalue weighted by Gasteiger charge is -2.19. The number of rotatable bonds is 3. The second kappa shape index (κ2) is 4.73. The fraction of sp³-hybridized carbons (Fsp3) is 0.800. The summed E-state index contributed by atoms with van der Waals surface area (Å²) >= 11 is 0. The van der Waals surface area contributed by atoms with Gasteiger partial charge in [0, 0.05) is 6.42 Å². The number of nitrogens with zero attached hydrogens (tertiary/aromatic N) is 2. The molecule has 0 amide bonds. The predicted octanol–water partition coefficient (Wildman–Crippen LogP) is 0.490. The summed E-state index contributed by atoms with van der Waals surface area (Å²) in [6, 6.07) is 0. The Morgan fingerprint density at radius 2 is 2.12 bits per heavy atom. The highest BCUT2D eigenvalue weighted by Crippen LogP contribution is 2.22. The van der Waals surface area contributed by atoms with E-state index in [1.165, 1.54) is 0 Å². The first-order chi connectivity index (χ1) is 7.96. The van der Waals surface area contributed by atoms with Crippen LogP contribution in [0.5, 0.6) is 0 Å². The Hall–Kier alpha value is -0.950. The van der Waals surface area contributed by atoms with Crippen molar-refractivity contribution in [2.45, 2.75) is 32.3 Å². The van der Waals surface area contributed by atoms with Gasteiger partial charge in [-0.3, -0.25) is 0 Å². The first-order valence-corrected chi connectivity index (χ1v) is 7.49. The molecule has 1 aliphatic rings. The Morgan fingerprint density at radius 1 is 1.47 bits per heavy atom. The minimum absolute atomic E-state index is 0.245. The van der Waals surface area contributed by atoms with Gasteiger partial charge >= 0.3 is 0 Å². The van der Waals surface area contributed by atoms with Crippen LogP contribution in [0.15, 0.2) is 4.52 Å². The van der Waals surface area contributed by atoms with Crippen LogP contribution in [0, 0.1) is 5.92 Å². The first-order valence-electron chi connectivity index (χ1n) is 5.67. The van der Waals surface area contributed by atoms with Crippen molar-refractivity contribution in [2.24, 2.45) is 5.92 Å². The number of hydrogen-bond donors (Lipinski definition) is 1. The molecule has 1 aliphatic heterocycles. The van der Waals surface area contributed by atoms with Gasteiger partial charge < -0.3 is 9.63 Å². The Balaban J connectivity index is 1.93. The Bertz CT molecular complexity index is 466. The van der Waals surface area contributed by atoms with Gasteiger partial charge in [-0.15, -0.1) is 0 Å². The zero-order valence-corrected chi connectivity index (χ0v) is 10.5. The van der Waals surface area contributed by atoms with E-state index in [0.717, 1.165) is 0 Å². The molecule has 17 heavy (non-hydrogen) atoms. The van der Waals surface area contributed by atoms with Crippen LogP contribution in [0.1, 0.15) is 37.6 Å². The van der Waals surface area contributed by atoms with E-state index in [4.69, 9.17) is 4.52 Å². The summed E-state index contributed by atoms with van der Waals surface area (Å²) in [5.41, 5.74) is 0. The van der Waals surface area contributed by atoms with Crippen molar-refractivity contribution in [1.82, 2.24) is 10.1 Å². The van der Waals surface area contributed by atoms with Crippen LogP contribution in [0.4, 0.5) is 0 Å². The molecular weight excluding hydrogens is 244 g/mol. The second-order valence-corrected chi connectivity index (χ2v) is 6.83. The topological polar surface area (TPSA) is 93.3 Å². The average molecular weight is 260 g/mol. The standard InChI is InChI=1S/C10H16N2O4S/c1-7(13)10-11-9(16-12-10)6-8-2-4-17(14,15)5-3-8/h7-8,13H,2-6H2,1H3. The lowest BCUT2D eigenvalue weighted by atomic mass is 9.99. The molecule has 0 saturated carbocycles. The molecule has 0 aliphatic carbocycles. The maximum Gasteiger partial charge on any atom is 0.227 e. The lowest BCUT2D eigenvalue weighted by Crippen LogP contribution is -2.24. The molecular formula is C10H16N2O4S. The molecule has 1 aromatic heterocycles. The molecule has 0 bridgehead atoms. The van der Waals surface area contributed by atoms with Gasteiger partial charge in [-0.2, -0.15) is 4.98 Å². The van der Waals surface area contributed by atoms with Gasteiger partial charge in [0.2, 0.25) is 5.89 Å². The molecule has 1 unspecified atom stereocenters. The van der Waals surface area contributed by atoms with Crippen LogP contribution in [-0.2, 0) is 16.3 Å². The van der Waals surface area contributed by atoms with Crippen molar-refractivity contribution in [1.29, 1.82) is 0 Å². The normalized spacial score (nSPS) is 22.5. The van der Waals surface area contributed by atoms with E-state index in [9.17, 15) is 13.5 Å². The van der Waals surface area contributed by atoms with Gasteiger partial charge in [0.25, 0.3) is 0 Å². The number of hydrogen-bond acceptors (Lipinski definition) is 6. The highest BCUT2D eigenvalue weighted by atomic mass is 32.2. The molecule has 1 saturated heterocycles. The summed E-state index contributed by atoms with van der Waals surface area (Å²) in [5.74, 6) is 1.53. The van der Waals surface area contributed by atoms with E-state index >= 15 is 0 Å². The highest BCUT2D eigenvalue weighted by Gasteiger charge is 2.25. The smallest absolute Gasteiger partial charge is 0.227 e. The third-order valence-corrected chi connectivity index (χ3v) is 4.71. The Morgan fingerprint density at radius 3 is 2.65 bits per heavy atom. The summed E-state index contributed by atoms with van der Waals surface area (Å²) in [4.78, 5) is 4.06. The van der Waals surface area contributed by atoms with Crippen LogP contribution in [0.2, 0.25) is 0 Å². The van der Waals surface area contributed by atoms with E-state index in [1.54, 1.807) is 6.92 Å². The molecule has 7 heteroatoms. The molecule has 0 spiro atoms. The van der Waals surface area contributed by atoms with E-state index < -0.39 is 15.9 Å². The maximum atomic E-state index is 11.3. The van der Waals surface area contributed by atoms with Crippen molar-refractivity contribution >= 4 is 9.84 Å². The SMILES string of the molecule is CC(O)c1noc(CC2CCS(=O)(=O)CC2)n1. The van der Waals surface area contributed by atoms with Crippen molar-refractivity contribution < 1.29 is 18.0 Å². The van der Waals surface area contributed by atoms with Gasteiger partial charge in [0.1, 0.15) is 15.9 Å². The number of aliphatic hydroxyl groups excluding tert-OH is 1. The van der Waals surface area contributed by atoms with Crippen LogP contribution >= 0.6 is 0 Å². The first kappa shape index (κ1) is 12.5. The lowest BCUT2D eigenvalue weighted by molar-refractivity contribution is 0.184. The summed E-state index contributed by atoms with van der Waals surface area (Å²) < 4.78 is 27.5. The molecule has 0 aromatic carbocycles. The van der Waals surface area contributed by atoms with Crippen molar-refractivity contribution in [3.8, 4) is 0 Å². The fourth-order valence-electron chi connectivity index (χ4n) is 1.91. The molecule has 96 valence electrons. The molecule has 2 rings (SSSR count). The zero-order chi connectivity index (χ0) is 12.5. The van der Waals surface area contributed by atoms with E-state index in [2.05, 4.69) is 10.1 Å². The monoisotopic (exact) mass is 260 g/mol. The van der Waals surface area contributed by atoms with E-state index in [0.29, 0.717) is 25.2 Å². The second-order valence-electron chi connectivity index (χ2n) is 4.52. The number of aliphatic hydroxyl groups is 1. The Labute approximate surface area is 99.9 Å². The fourth-order valence-corrected chi connectivity index (χ4v) is 3.50. The van der Waals surface area contributed by atoms with Crippen LogP contribution in [-0.4, -0.2) is 35.2 Å². The highest BCUT2D eigenvalue weighted by molar-refractivity contribution is 7.91. The van der Waals surface area contributed by atoms with Crippen molar-refractivity contribution in [3.63, 3.8) is 0 Å². The zero-order valence-electron chi connectivity index (χ0n) is 9.66. The minimum atomic E-state index is -2.82. The van der Waals surface area contributed by atoms with E-state index in [1.807, 2.05) is 0 Å². The van der Waals surface area contributed by atoms with Gasteiger partial charge in [0.05, 0.1) is 11.5 Å². The predicted molar refractivity (Wildman–Crippen MR) is 60.0 cm³/mol. The molecule has 1 aromatic rings. The van der Waals surface area contributed by atoms with Crippen molar-refractivity contribution in [3.05, 3.63) is 11.7 Å². The summed E-state index contributed by atoms with van der Waals surface area (Å²) in [5, 5.41) is 12.9. The third kappa shape index (κ3) is 3.26. The third-order valence-electron chi connectivity index (χ3n) is 2.99. The largest absolute Gasteiger partial charge is 0.385 e. The molecule has 1 N–H and O–H groups in total. The van der Waals surface area contributed by atoms with Gasteiger partial charge in [-0.05, 0) is 25.7 Å². The minimum Gasteiger partial charge on any atom is -0.385 e. The van der Waals surface area contributed by atoms with Gasteiger partial charge in [-0.25, -0.2) is 8.42 Å². The number of aromatic nitrogens is 2. The van der Waals surface area contributed by atoms with Crippen molar-refractivity contribution in [2.75, 3.05) is 11.5 Å². The average Bonchev–Trinajstić information content (AvgIpc) is 2.70. The molecule has 1 fully saturated rings. The summed E-state index contributed by atoms with van der Waals surface area (Å²) in [7, 11) is -2.82. The quantitative estimate of drug-likeness (QED) is 0.850. The van der Waals surface area contributed by atoms with Crippen LogP contribution in [0.25, 0.3) is 0 Å². The molecule has 2 heterocycles. The van der Waals surface area contributed by atoms with Crippen LogP contribution in [0.3, 0.4) is 0 Å². The molecule has 6 nitrogen and oxygen atoms in total. The number of sulfone groups is 1. The Kier molecular flexibility index (Phi) is 3.48. The van der Waals surface area contributed by atoms with E-state index in [-0.39, 0.29) is 23.2 Å². The van der Waals surface area contributed by atoms with Gasteiger partial charge in [-0.1, -0.05) is 5.16 Å². The summed E-state index contributed by atoms with van der Waals surface area (Å²) in [6.45, 7) is 1.57.